The Labute approximate surface area is 121 Å². The first kappa shape index (κ1) is 13.4. The van der Waals surface area contributed by atoms with Gasteiger partial charge in [0.1, 0.15) is 5.78 Å². The molecule has 0 N–H and O–H groups in total. The number of benzene rings is 1. The van der Waals surface area contributed by atoms with Crippen LogP contribution in [0.4, 0.5) is 0 Å². The topological polar surface area (TPSA) is 17.1 Å². The summed E-state index contributed by atoms with van der Waals surface area (Å²) >= 11 is 0. The van der Waals surface area contributed by atoms with Crippen LogP contribution in [0.5, 0.6) is 0 Å². The van der Waals surface area contributed by atoms with Gasteiger partial charge in [-0.25, -0.2) is 0 Å². The number of carbonyl (C=O) groups is 1. The Morgan fingerprint density at radius 3 is 2.70 bits per heavy atom. The molecule has 0 aromatic heterocycles. The minimum absolute atomic E-state index is 0.0474. The minimum Gasteiger partial charge on any atom is -0.298 e. The number of carbonyl (C=O) groups excluding carboxylic acids is 1. The maximum Gasteiger partial charge on any atom is 0.147 e. The summed E-state index contributed by atoms with van der Waals surface area (Å²) in [6.07, 6.45) is 6.09. The molecule has 0 heterocycles. The number of allylic oxidation sites excluding steroid dienone is 3. The SMILES string of the molecule is C=C[C@H]1CC2C(C)=CC1C(=O)[C@]2(C)Cc1ccccc1. The Morgan fingerprint density at radius 2 is 2.05 bits per heavy atom. The fourth-order valence-electron chi connectivity index (χ4n) is 4.19. The van der Waals surface area contributed by atoms with Crippen molar-refractivity contribution in [2.75, 3.05) is 0 Å². The molecule has 0 aliphatic heterocycles. The molecule has 1 nitrogen and oxygen atoms in total. The maximum absolute atomic E-state index is 12.9. The molecular formula is C19H22O. The highest BCUT2D eigenvalue weighted by Crippen LogP contribution is 2.53. The van der Waals surface area contributed by atoms with Crippen molar-refractivity contribution < 1.29 is 4.79 Å². The molecule has 20 heavy (non-hydrogen) atoms. The average molecular weight is 266 g/mol. The van der Waals surface area contributed by atoms with E-state index in [1.54, 1.807) is 0 Å². The molecule has 2 unspecified atom stereocenters. The second kappa shape index (κ2) is 4.73. The molecule has 3 aliphatic carbocycles. The molecule has 104 valence electrons. The van der Waals surface area contributed by atoms with Gasteiger partial charge in [-0.05, 0) is 37.2 Å². The number of fused-ring (bicyclic) bond motifs is 2. The van der Waals surface area contributed by atoms with Crippen LogP contribution in [-0.2, 0) is 11.2 Å². The molecule has 2 bridgehead atoms. The number of hydrogen-bond donors (Lipinski definition) is 0. The summed E-state index contributed by atoms with van der Waals surface area (Å²) in [7, 11) is 0. The second-order valence-corrected chi connectivity index (χ2v) is 6.57. The lowest BCUT2D eigenvalue weighted by atomic mass is 9.52. The summed E-state index contributed by atoms with van der Waals surface area (Å²) in [6.45, 7) is 8.26. The van der Waals surface area contributed by atoms with Gasteiger partial charge in [0.25, 0.3) is 0 Å². The van der Waals surface area contributed by atoms with Crippen LogP contribution < -0.4 is 0 Å². The highest BCUT2D eigenvalue weighted by atomic mass is 16.1. The van der Waals surface area contributed by atoms with Crippen molar-refractivity contribution in [1.29, 1.82) is 0 Å². The monoisotopic (exact) mass is 266 g/mol. The molecule has 1 saturated carbocycles. The van der Waals surface area contributed by atoms with Gasteiger partial charge in [-0.2, -0.15) is 0 Å². The van der Waals surface area contributed by atoms with E-state index in [2.05, 4.69) is 50.8 Å². The molecule has 0 amide bonds. The van der Waals surface area contributed by atoms with Crippen molar-refractivity contribution in [3.8, 4) is 0 Å². The summed E-state index contributed by atoms with van der Waals surface area (Å²) in [6, 6.07) is 10.4. The molecule has 3 aliphatic rings. The van der Waals surface area contributed by atoms with Crippen LogP contribution >= 0.6 is 0 Å². The Kier molecular flexibility index (Phi) is 3.16. The Morgan fingerprint density at radius 1 is 1.35 bits per heavy atom. The van der Waals surface area contributed by atoms with Crippen LogP contribution in [-0.4, -0.2) is 5.78 Å². The second-order valence-electron chi connectivity index (χ2n) is 6.57. The van der Waals surface area contributed by atoms with Gasteiger partial charge in [-0.3, -0.25) is 4.79 Å². The van der Waals surface area contributed by atoms with E-state index in [9.17, 15) is 4.79 Å². The summed E-state index contributed by atoms with van der Waals surface area (Å²) in [5.74, 6) is 1.16. The fourth-order valence-corrected chi connectivity index (χ4v) is 4.19. The molecule has 1 aromatic carbocycles. The van der Waals surface area contributed by atoms with Gasteiger partial charge in [0.15, 0.2) is 0 Å². The van der Waals surface area contributed by atoms with Crippen molar-refractivity contribution in [3.63, 3.8) is 0 Å². The number of rotatable bonds is 3. The summed E-state index contributed by atoms with van der Waals surface area (Å²) in [4.78, 5) is 12.9. The number of ketones is 1. The molecule has 1 aromatic rings. The van der Waals surface area contributed by atoms with Gasteiger partial charge in [-0.15, -0.1) is 6.58 Å². The molecule has 1 heteroatoms. The third-order valence-electron chi connectivity index (χ3n) is 5.31. The largest absolute Gasteiger partial charge is 0.298 e. The average Bonchev–Trinajstić information content (AvgIpc) is 2.45. The molecule has 0 radical (unpaired) electrons. The Balaban J connectivity index is 1.97. The summed E-state index contributed by atoms with van der Waals surface area (Å²) in [5, 5.41) is 0. The number of hydrogen-bond acceptors (Lipinski definition) is 1. The minimum atomic E-state index is -0.246. The lowest BCUT2D eigenvalue weighted by molar-refractivity contribution is -0.139. The first-order chi connectivity index (χ1) is 9.56. The van der Waals surface area contributed by atoms with E-state index >= 15 is 0 Å². The zero-order chi connectivity index (χ0) is 14.3. The van der Waals surface area contributed by atoms with Gasteiger partial charge in [0.2, 0.25) is 0 Å². The predicted molar refractivity (Wildman–Crippen MR) is 82.3 cm³/mol. The van der Waals surface area contributed by atoms with E-state index in [1.807, 2.05) is 12.1 Å². The highest BCUT2D eigenvalue weighted by Gasteiger charge is 2.53. The standard InChI is InChI=1S/C19H22O/c1-4-15-11-17-13(2)10-16(15)18(20)19(17,3)12-14-8-6-5-7-9-14/h4-10,15-17H,1,11-12H2,2-3H3/t15-,16?,17?,19+/m0/s1. The fraction of sp³-hybridized carbons (Fsp3) is 0.421. The third kappa shape index (κ3) is 1.88. The lowest BCUT2D eigenvalue weighted by Crippen LogP contribution is -2.52. The van der Waals surface area contributed by atoms with Crippen molar-refractivity contribution in [3.05, 3.63) is 60.2 Å². The zero-order valence-corrected chi connectivity index (χ0v) is 12.3. The molecule has 4 atom stereocenters. The van der Waals surface area contributed by atoms with Gasteiger partial charge in [-0.1, -0.05) is 55.0 Å². The van der Waals surface area contributed by atoms with E-state index in [0.29, 0.717) is 17.6 Å². The third-order valence-corrected chi connectivity index (χ3v) is 5.31. The van der Waals surface area contributed by atoms with Crippen LogP contribution in [0.25, 0.3) is 0 Å². The van der Waals surface area contributed by atoms with Crippen LogP contribution in [0.3, 0.4) is 0 Å². The molecule has 0 spiro atoms. The predicted octanol–water partition coefficient (Wildman–Crippen LogP) is 4.20. The van der Waals surface area contributed by atoms with Gasteiger partial charge >= 0.3 is 0 Å². The van der Waals surface area contributed by atoms with E-state index in [0.717, 1.165) is 12.8 Å². The number of Topliss-reactive ketones (excluding diaryl/α,β-unsaturated/α-hetero) is 1. The van der Waals surface area contributed by atoms with E-state index in [1.165, 1.54) is 11.1 Å². The van der Waals surface area contributed by atoms with Crippen LogP contribution in [0.1, 0.15) is 25.8 Å². The van der Waals surface area contributed by atoms with E-state index in [-0.39, 0.29) is 11.3 Å². The van der Waals surface area contributed by atoms with Gasteiger partial charge in [0.05, 0.1) is 0 Å². The highest BCUT2D eigenvalue weighted by molar-refractivity contribution is 5.92. The van der Waals surface area contributed by atoms with E-state index in [4.69, 9.17) is 0 Å². The normalized spacial score (nSPS) is 35.8. The van der Waals surface area contributed by atoms with Crippen molar-refractivity contribution >= 4 is 5.78 Å². The Bertz CT molecular complexity index is 569. The van der Waals surface area contributed by atoms with Crippen LogP contribution in [0.2, 0.25) is 0 Å². The quantitative estimate of drug-likeness (QED) is 0.749. The van der Waals surface area contributed by atoms with Crippen molar-refractivity contribution in [2.24, 2.45) is 23.2 Å². The van der Waals surface area contributed by atoms with Crippen LogP contribution in [0.15, 0.2) is 54.6 Å². The molecular weight excluding hydrogens is 244 g/mol. The maximum atomic E-state index is 12.9. The van der Waals surface area contributed by atoms with Crippen LogP contribution in [0, 0.1) is 23.2 Å². The zero-order valence-electron chi connectivity index (χ0n) is 12.3. The molecule has 0 saturated heterocycles. The Hall–Kier alpha value is -1.63. The first-order valence-corrected chi connectivity index (χ1v) is 7.45. The summed E-state index contributed by atoms with van der Waals surface area (Å²) < 4.78 is 0. The molecule has 1 fully saturated rings. The molecule has 4 rings (SSSR count). The summed E-state index contributed by atoms with van der Waals surface area (Å²) in [5.41, 5.74) is 2.41. The van der Waals surface area contributed by atoms with Crippen molar-refractivity contribution in [2.45, 2.75) is 26.7 Å². The van der Waals surface area contributed by atoms with E-state index < -0.39 is 0 Å². The van der Waals surface area contributed by atoms with Gasteiger partial charge < -0.3 is 0 Å². The van der Waals surface area contributed by atoms with Crippen molar-refractivity contribution in [1.82, 2.24) is 0 Å². The smallest absolute Gasteiger partial charge is 0.147 e. The van der Waals surface area contributed by atoms with Gasteiger partial charge in [0, 0.05) is 11.3 Å². The first-order valence-electron chi connectivity index (χ1n) is 7.45. The lowest BCUT2D eigenvalue weighted by Gasteiger charge is -2.50.